The van der Waals surface area contributed by atoms with E-state index in [0.29, 0.717) is 13.2 Å². The minimum Gasteiger partial charge on any atom is -0.486 e. The molecular formula is C15H14N2O2S. The molecule has 0 bridgehead atoms. The number of benzene rings is 1. The predicted molar refractivity (Wildman–Crippen MR) is 78.9 cm³/mol. The fourth-order valence-corrected chi connectivity index (χ4v) is 3.60. The second-order valence-electron chi connectivity index (χ2n) is 4.67. The Morgan fingerprint density at radius 2 is 2.10 bits per heavy atom. The molecule has 1 aliphatic rings. The summed E-state index contributed by atoms with van der Waals surface area (Å²) in [5.74, 6) is 1.66. The van der Waals surface area contributed by atoms with Crippen LogP contribution in [0.2, 0.25) is 0 Å². The number of hydrogen-bond acceptors (Lipinski definition) is 4. The van der Waals surface area contributed by atoms with Crippen LogP contribution in [0.4, 0.5) is 0 Å². The van der Waals surface area contributed by atoms with Crippen molar-refractivity contribution in [1.82, 2.24) is 9.38 Å². The van der Waals surface area contributed by atoms with Gasteiger partial charge in [0.2, 0.25) is 0 Å². The van der Waals surface area contributed by atoms with Crippen molar-refractivity contribution in [3.05, 3.63) is 35.5 Å². The summed E-state index contributed by atoms with van der Waals surface area (Å²) in [6, 6.07) is 6.15. The molecule has 1 aromatic carbocycles. The molecule has 0 amide bonds. The minimum atomic E-state index is 0.612. The summed E-state index contributed by atoms with van der Waals surface area (Å²) in [7, 11) is 0. The maximum atomic E-state index is 5.68. The van der Waals surface area contributed by atoms with E-state index in [4.69, 9.17) is 9.47 Å². The van der Waals surface area contributed by atoms with Crippen molar-refractivity contribution >= 4 is 16.3 Å². The third-order valence-corrected chi connectivity index (χ3v) is 4.68. The highest BCUT2D eigenvalue weighted by atomic mass is 32.1. The number of thiazole rings is 1. The first kappa shape index (κ1) is 11.8. The summed E-state index contributed by atoms with van der Waals surface area (Å²) in [5.41, 5.74) is 2.36. The molecule has 0 saturated heterocycles. The van der Waals surface area contributed by atoms with Crippen LogP contribution in [-0.4, -0.2) is 22.6 Å². The molecule has 4 nitrogen and oxygen atoms in total. The zero-order valence-electron chi connectivity index (χ0n) is 11.1. The highest BCUT2D eigenvalue weighted by molar-refractivity contribution is 7.17. The van der Waals surface area contributed by atoms with Crippen molar-refractivity contribution in [2.45, 2.75) is 13.3 Å². The maximum Gasteiger partial charge on any atom is 0.194 e. The van der Waals surface area contributed by atoms with Gasteiger partial charge in [-0.05, 0) is 24.6 Å². The fraction of sp³-hybridized carbons (Fsp3) is 0.267. The van der Waals surface area contributed by atoms with Gasteiger partial charge in [-0.3, -0.25) is 4.40 Å². The molecule has 3 heterocycles. The van der Waals surface area contributed by atoms with Crippen molar-refractivity contribution < 1.29 is 9.47 Å². The number of aryl methyl sites for hydroxylation is 1. The lowest BCUT2D eigenvalue weighted by molar-refractivity contribution is 0.171. The van der Waals surface area contributed by atoms with Crippen LogP contribution in [0.1, 0.15) is 11.8 Å². The summed E-state index contributed by atoms with van der Waals surface area (Å²) in [6.07, 6.45) is 4.85. The summed E-state index contributed by atoms with van der Waals surface area (Å²) in [5, 5.41) is 0. The van der Waals surface area contributed by atoms with Crippen LogP contribution in [0.25, 0.3) is 16.2 Å². The summed E-state index contributed by atoms with van der Waals surface area (Å²) >= 11 is 1.74. The number of aromatic nitrogens is 2. The molecule has 3 aromatic rings. The lowest BCUT2D eigenvalue weighted by Gasteiger charge is -2.19. The molecule has 0 N–H and O–H groups in total. The molecule has 0 radical (unpaired) electrons. The predicted octanol–water partition coefficient (Wildman–Crippen LogP) is 3.40. The highest BCUT2D eigenvalue weighted by Gasteiger charge is 2.17. The molecule has 1 aliphatic heterocycles. The molecule has 2 aromatic heterocycles. The normalized spacial score (nSPS) is 13.8. The largest absolute Gasteiger partial charge is 0.486 e. The van der Waals surface area contributed by atoms with Gasteiger partial charge in [0, 0.05) is 22.8 Å². The van der Waals surface area contributed by atoms with Crippen LogP contribution >= 0.6 is 11.3 Å². The van der Waals surface area contributed by atoms with Crippen molar-refractivity contribution in [2.24, 2.45) is 0 Å². The SMILES string of the molecule is CCc1sc2nccn2c1-c1ccc2c(c1)OCCO2. The summed E-state index contributed by atoms with van der Waals surface area (Å²) < 4.78 is 13.4. The molecule has 0 saturated carbocycles. The Bertz CT molecular complexity index is 775. The Morgan fingerprint density at radius 3 is 2.95 bits per heavy atom. The number of nitrogens with zero attached hydrogens (tertiary/aromatic N) is 2. The second-order valence-corrected chi connectivity index (χ2v) is 5.73. The third-order valence-electron chi connectivity index (χ3n) is 3.46. The first-order valence-electron chi connectivity index (χ1n) is 6.71. The van der Waals surface area contributed by atoms with Gasteiger partial charge >= 0.3 is 0 Å². The van der Waals surface area contributed by atoms with E-state index in [0.717, 1.165) is 28.4 Å². The average molecular weight is 286 g/mol. The van der Waals surface area contributed by atoms with E-state index in [1.54, 1.807) is 11.3 Å². The highest BCUT2D eigenvalue weighted by Crippen LogP contribution is 2.38. The quantitative estimate of drug-likeness (QED) is 0.724. The van der Waals surface area contributed by atoms with Gasteiger partial charge in [-0.25, -0.2) is 4.98 Å². The molecule has 0 unspecified atom stereocenters. The Balaban J connectivity index is 1.91. The van der Waals surface area contributed by atoms with Crippen LogP contribution in [0.15, 0.2) is 30.6 Å². The molecular weight excluding hydrogens is 272 g/mol. The monoisotopic (exact) mass is 286 g/mol. The Kier molecular flexibility index (Phi) is 2.67. The van der Waals surface area contributed by atoms with Crippen molar-refractivity contribution in [3.63, 3.8) is 0 Å². The maximum absolute atomic E-state index is 5.68. The van der Waals surface area contributed by atoms with E-state index >= 15 is 0 Å². The van der Waals surface area contributed by atoms with Gasteiger partial charge in [0.1, 0.15) is 13.2 Å². The Labute approximate surface area is 120 Å². The second kappa shape index (κ2) is 4.52. The van der Waals surface area contributed by atoms with Gasteiger partial charge in [0.05, 0.1) is 5.69 Å². The van der Waals surface area contributed by atoms with E-state index in [-0.39, 0.29) is 0 Å². The molecule has 4 rings (SSSR count). The van der Waals surface area contributed by atoms with E-state index in [1.165, 1.54) is 10.6 Å². The molecule has 0 fully saturated rings. The summed E-state index contributed by atoms with van der Waals surface area (Å²) in [6.45, 7) is 3.41. The lowest BCUT2D eigenvalue weighted by atomic mass is 10.1. The van der Waals surface area contributed by atoms with Gasteiger partial charge in [-0.15, -0.1) is 11.3 Å². The van der Waals surface area contributed by atoms with Gasteiger partial charge in [0.25, 0.3) is 0 Å². The van der Waals surface area contributed by atoms with E-state index in [9.17, 15) is 0 Å². The van der Waals surface area contributed by atoms with Gasteiger partial charge < -0.3 is 9.47 Å². The lowest BCUT2D eigenvalue weighted by Crippen LogP contribution is -2.15. The van der Waals surface area contributed by atoms with Crippen LogP contribution in [0.5, 0.6) is 11.5 Å². The van der Waals surface area contributed by atoms with E-state index < -0.39 is 0 Å². The van der Waals surface area contributed by atoms with Crippen LogP contribution < -0.4 is 9.47 Å². The molecule has 20 heavy (non-hydrogen) atoms. The molecule has 102 valence electrons. The zero-order chi connectivity index (χ0) is 13.5. The summed E-state index contributed by atoms with van der Waals surface area (Å²) in [4.78, 5) is 6.76. The van der Waals surface area contributed by atoms with Gasteiger partial charge in [0.15, 0.2) is 16.5 Å². The molecule has 0 aliphatic carbocycles. The van der Waals surface area contributed by atoms with Gasteiger partial charge in [-0.2, -0.15) is 0 Å². The number of fused-ring (bicyclic) bond motifs is 2. The van der Waals surface area contributed by atoms with Crippen LogP contribution in [-0.2, 0) is 6.42 Å². The van der Waals surface area contributed by atoms with E-state index in [1.807, 2.05) is 18.5 Å². The number of imidazole rings is 1. The number of ether oxygens (including phenoxy) is 2. The van der Waals surface area contributed by atoms with Crippen molar-refractivity contribution in [3.8, 4) is 22.8 Å². The fourth-order valence-electron chi connectivity index (χ4n) is 2.56. The zero-order valence-corrected chi connectivity index (χ0v) is 11.9. The molecule has 0 spiro atoms. The van der Waals surface area contributed by atoms with E-state index in [2.05, 4.69) is 28.4 Å². The standard InChI is InChI=1S/C15H14N2O2S/c1-2-13-14(17-6-5-16-15(17)20-13)10-3-4-11-12(9-10)19-8-7-18-11/h3-6,9H,2,7-8H2,1H3. The molecule has 0 atom stereocenters. The van der Waals surface area contributed by atoms with Crippen molar-refractivity contribution in [1.29, 1.82) is 0 Å². The third kappa shape index (κ3) is 1.70. The van der Waals surface area contributed by atoms with Gasteiger partial charge in [-0.1, -0.05) is 6.92 Å². The first-order valence-corrected chi connectivity index (χ1v) is 7.53. The Morgan fingerprint density at radius 1 is 1.25 bits per heavy atom. The van der Waals surface area contributed by atoms with Crippen molar-refractivity contribution in [2.75, 3.05) is 13.2 Å². The van der Waals surface area contributed by atoms with Crippen LogP contribution in [0.3, 0.4) is 0 Å². The number of hydrogen-bond donors (Lipinski definition) is 0. The minimum absolute atomic E-state index is 0.612. The van der Waals surface area contributed by atoms with Crippen LogP contribution in [0, 0.1) is 0 Å². The average Bonchev–Trinajstić information content (AvgIpc) is 3.06. The number of rotatable bonds is 2. The smallest absolute Gasteiger partial charge is 0.194 e. The molecule has 5 heteroatoms. The first-order chi connectivity index (χ1) is 9.86. The Hall–Kier alpha value is -2.01. The topological polar surface area (TPSA) is 35.8 Å².